The molecule has 80 valence electrons. The fraction of sp³-hybridized carbons (Fsp3) is 0.800. The lowest BCUT2D eigenvalue weighted by Crippen LogP contribution is -2.28. The summed E-state index contributed by atoms with van der Waals surface area (Å²) in [7, 11) is 0. The Morgan fingerprint density at radius 3 is 2.57 bits per heavy atom. The van der Waals surface area contributed by atoms with Gasteiger partial charge in [0.2, 0.25) is 0 Å². The molecule has 0 atom stereocenters. The molecule has 0 aliphatic rings. The third kappa shape index (κ3) is 3.87. The van der Waals surface area contributed by atoms with Crippen molar-refractivity contribution >= 4 is 0 Å². The zero-order chi connectivity index (χ0) is 10.2. The van der Waals surface area contributed by atoms with Gasteiger partial charge in [-0.3, -0.25) is 5.10 Å². The van der Waals surface area contributed by atoms with Crippen LogP contribution in [-0.2, 0) is 6.54 Å². The second kappa shape index (κ2) is 6.54. The molecule has 1 rings (SSSR count). The Morgan fingerprint density at radius 1 is 1.36 bits per heavy atom. The van der Waals surface area contributed by atoms with E-state index in [1.54, 1.807) is 6.33 Å². The zero-order valence-electron chi connectivity index (χ0n) is 9.08. The molecule has 0 radical (unpaired) electrons. The summed E-state index contributed by atoms with van der Waals surface area (Å²) >= 11 is 0. The maximum Gasteiger partial charge on any atom is 0.138 e. The Hall–Kier alpha value is -0.900. The molecule has 2 N–H and O–H groups in total. The van der Waals surface area contributed by atoms with Gasteiger partial charge in [0.1, 0.15) is 12.2 Å². The van der Waals surface area contributed by atoms with Gasteiger partial charge in [-0.2, -0.15) is 5.10 Å². The standard InChI is InChI=1S/C10H20N4/c1-3-5-9(6-4-2)11-7-10-12-8-13-14-10/h8-9,11H,3-7H2,1-2H3,(H,12,13,14). The summed E-state index contributed by atoms with van der Waals surface area (Å²) in [6.07, 6.45) is 6.48. The fourth-order valence-corrected chi connectivity index (χ4v) is 1.60. The largest absolute Gasteiger partial charge is 0.307 e. The topological polar surface area (TPSA) is 53.6 Å². The second-order valence-corrected chi connectivity index (χ2v) is 3.59. The maximum atomic E-state index is 4.08. The predicted octanol–water partition coefficient (Wildman–Crippen LogP) is 1.86. The van der Waals surface area contributed by atoms with Crippen LogP contribution in [0.1, 0.15) is 45.4 Å². The van der Waals surface area contributed by atoms with E-state index in [1.807, 2.05) is 0 Å². The van der Waals surface area contributed by atoms with Crippen molar-refractivity contribution in [1.29, 1.82) is 0 Å². The van der Waals surface area contributed by atoms with E-state index in [0.717, 1.165) is 12.4 Å². The van der Waals surface area contributed by atoms with Crippen molar-refractivity contribution in [3.05, 3.63) is 12.2 Å². The highest BCUT2D eigenvalue weighted by Gasteiger charge is 2.06. The summed E-state index contributed by atoms with van der Waals surface area (Å²) in [5, 5.41) is 10.2. The quantitative estimate of drug-likeness (QED) is 0.700. The van der Waals surface area contributed by atoms with E-state index in [1.165, 1.54) is 25.7 Å². The molecule has 0 aliphatic carbocycles. The van der Waals surface area contributed by atoms with E-state index < -0.39 is 0 Å². The van der Waals surface area contributed by atoms with Gasteiger partial charge in [-0.1, -0.05) is 26.7 Å². The third-order valence-corrected chi connectivity index (χ3v) is 2.30. The van der Waals surface area contributed by atoms with Crippen LogP contribution in [0.2, 0.25) is 0 Å². The lowest BCUT2D eigenvalue weighted by molar-refractivity contribution is 0.438. The predicted molar refractivity (Wildman–Crippen MR) is 56.8 cm³/mol. The molecule has 1 aromatic heterocycles. The first-order chi connectivity index (χ1) is 6.86. The molecular formula is C10H20N4. The van der Waals surface area contributed by atoms with Gasteiger partial charge in [0.15, 0.2) is 0 Å². The molecule has 1 aromatic rings. The molecule has 0 unspecified atom stereocenters. The molecule has 0 spiro atoms. The van der Waals surface area contributed by atoms with Crippen LogP contribution >= 0.6 is 0 Å². The molecule has 0 fully saturated rings. The van der Waals surface area contributed by atoms with Gasteiger partial charge in [0.25, 0.3) is 0 Å². The van der Waals surface area contributed by atoms with Gasteiger partial charge in [-0.05, 0) is 12.8 Å². The highest BCUT2D eigenvalue weighted by molar-refractivity contribution is 4.80. The van der Waals surface area contributed by atoms with Crippen molar-refractivity contribution in [2.75, 3.05) is 0 Å². The minimum Gasteiger partial charge on any atom is -0.307 e. The van der Waals surface area contributed by atoms with Crippen LogP contribution in [0, 0.1) is 0 Å². The van der Waals surface area contributed by atoms with Crippen LogP contribution in [0.25, 0.3) is 0 Å². The van der Waals surface area contributed by atoms with Crippen molar-refractivity contribution in [2.24, 2.45) is 0 Å². The van der Waals surface area contributed by atoms with Gasteiger partial charge in [-0.15, -0.1) is 0 Å². The van der Waals surface area contributed by atoms with E-state index in [9.17, 15) is 0 Å². The summed E-state index contributed by atoms with van der Waals surface area (Å²) in [6.45, 7) is 5.24. The highest BCUT2D eigenvalue weighted by Crippen LogP contribution is 2.04. The summed E-state index contributed by atoms with van der Waals surface area (Å²) in [5.41, 5.74) is 0. The van der Waals surface area contributed by atoms with Crippen LogP contribution in [0.5, 0.6) is 0 Å². The molecule has 1 heterocycles. The molecule has 14 heavy (non-hydrogen) atoms. The first-order valence-corrected chi connectivity index (χ1v) is 5.44. The SMILES string of the molecule is CCCC(CCC)NCc1ncn[nH]1. The van der Waals surface area contributed by atoms with Gasteiger partial charge in [0, 0.05) is 6.04 Å². The van der Waals surface area contributed by atoms with Crippen LogP contribution in [-0.4, -0.2) is 21.2 Å². The molecule has 0 aromatic carbocycles. The van der Waals surface area contributed by atoms with E-state index in [-0.39, 0.29) is 0 Å². The lowest BCUT2D eigenvalue weighted by Gasteiger charge is -2.15. The summed E-state index contributed by atoms with van der Waals surface area (Å²) in [4.78, 5) is 4.08. The van der Waals surface area contributed by atoms with E-state index in [0.29, 0.717) is 6.04 Å². The van der Waals surface area contributed by atoms with E-state index >= 15 is 0 Å². The van der Waals surface area contributed by atoms with Crippen LogP contribution in [0.4, 0.5) is 0 Å². The average Bonchev–Trinajstić information content (AvgIpc) is 2.67. The molecule has 0 aliphatic heterocycles. The smallest absolute Gasteiger partial charge is 0.138 e. The van der Waals surface area contributed by atoms with E-state index in [2.05, 4.69) is 34.3 Å². The second-order valence-electron chi connectivity index (χ2n) is 3.59. The minimum absolute atomic E-state index is 0.620. The zero-order valence-corrected chi connectivity index (χ0v) is 9.08. The Labute approximate surface area is 85.5 Å². The fourth-order valence-electron chi connectivity index (χ4n) is 1.60. The number of hydrogen-bond acceptors (Lipinski definition) is 3. The number of rotatable bonds is 7. The third-order valence-electron chi connectivity index (χ3n) is 2.30. The van der Waals surface area contributed by atoms with E-state index in [4.69, 9.17) is 0 Å². The first-order valence-electron chi connectivity index (χ1n) is 5.44. The number of nitrogens with one attached hydrogen (secondary N) is 2. The molecule has 0 bridgehead atoms. The van der Waals surface area contributed by atoms with Crippen LogP contribution < -0.4 is 5.32 Å². The van der Waals surface area contributed by atoms with Crippen molar-refractivity contribution in [3.8, 4) is 0 Å². The Balaban J connectivity index is 2.25. The average molecular weight is 196 g/mol. The Bertz CT molecular complexity index is 214. The molecule has 4 nitrogen and oxygen atoms in total. The number of aromatic nitrogens is 3. The molecule has 0 saturated heterocycles. The van der Waals surface area contributed by atoms with Crippen molar-refractivity contribution < 1.29 is 0 Å². The summed E-state index contributed by atoms with van der Waals surface area (Å²) in [5.74, 6) is 0.919. The Kier molecular flexibility index (Phi) is 5.22. The maximum absolute atomic E-state index is 4.08. The molecule has 0 amide bonds. The van der Waals surface area contributed by atoms with Gasteiger partial charge in [0.05, 0.1) is 6.54 Å². The van der Waals surface area contributed by atoms with Crippen molar-refractivity contribution in [1.82, 2.24) is 20.5 Å². The molecular weight excluding hydrogens is 176 g/mol. The normalized spacial score (nSPS) is 11.1. The minimum atomic E-state index is 0.620. The first kappa shape index (κ1) is 11.2. The summed E-state index contributed by atoms with van der Waals surface area (Å²) in [6, 6.07) is 0.620. The number of H-pyrrole nitrogens is 1. The number of aromatic amines is 1. The number of nitrogens with zero attached hydrogens (tertiary/aromatic N) is 2. The van der Waals surface area contributed by atoms with Crippen molar-refractivity contribution in [2.45, 2.75) is 52.1 Å². The van der Waals surface area contributed by atoms with Crippen LogP contribution in [0.15, 0.2) is 6.33 Å². The lowest BCUT2D eigenvalue weighted by atomic mass is 10.1. The van der Waals surface area contributed by atoms with Gasteiger partial charge < -0.3 is 5.32 Å². The van der Waals surface area contributed by atoms with Crippen molar-refractivity contribution in [3.63, 3.8) is 0 Å². The molecule has 0 saturated carbocycles. The molecule has 4 heteroatoms. The number of hydrogen-bond donors (Lipinski definition) is 2. The van der Waals surface area contributed by atoms with Crippen LogP contribution in [0.3, 0.4) is 0 Å². The van der Waals surface area contributed by atoms with Gasteiger partial charge in [-0.25, -0.2) is 4.98 Å². The summed E-state index contributed by atoms with van der Waals surface area (Å²) < 4.78 is 0. The highest BCUT2D eigenvalue weighted by atomic mass is 15.2. The monoisotopic (exact) mass is 196 g/mol. The Morgan fingerprint density at radius 2 is 2.07 bits per heavy atom. The van der Waals surface area contributed by atoms with Gasteiger partial charge >= 0.3 is 0 Å².